The number of hydrogen-bond acceptors (Lipinski definition) is 3. The zero-order valence-corrected chi connectivity index (χ0v) is 19.8. The fourth-order valence-electron chi connectivity index (χ4n) is 2.45. The lowest BCUT2D eigenvalue weighted by Gasteiger charge is -2.14. The Morgan fingerprint density at radius 1 is 0.571 bits per heavy atom. The zero-order chi connectivity index (χ0) is 26.7. The van der Waals surface area contributed by atoms with Crippen LogP contribution in [0.3, 0.4) is 0 Å². The summed E-state index contributed by atoms with van der Waals surface area (Å²) in [6.45, 7) is 0. The fraction of sp³-hybridized carbons (Fsp3) is 0.143. The first-order valence-corrected chi connectivity index (χ1v) is 12.6. The molecule has 190 valence electrons. The summed E-state index contributed by atoms with van der Waals surface area (Å²) >= 11 is -0.805. The Hall–Kier alpha value is -2.33. The first kappa shape index (κ1) is 28.9. The average Bonchev–Trinajstić information content (AvgIpc) is 2.72. The van der Waals surface area contributed by atoms with E-state index in [9.17, 15) is 52.5 Å². The summed E-state index contributed by atoms with van der Waals surface area (Å²) in [6, 6.07) is 12.7. The van der Waals surface area contributed by atoms with Gasteiger partial charge in [-0.1, -0.05) is 12.1 Å². The third kappa shape index (κ3) is 8.68. The van der Waals surface area contributed by atoms with Crippen molar-refractivity contribution in [1.29, 1.82) is 0 Å². The second kappa shape index (κ2) is 10.7. The van der Waals surface area contributed by atoms with Crippen molar-refractivity contribution >= 4 is 10.1 Å². The molecule has 0 radical (unpaired) electrons. The highest BCUT2D eigenvalue weighted by molar-refractivity contribution is 7.85. The van der Waals surface area contributed by atoms with Gasteiger partial charge in [0.2, 0.25) is 0 Å². The highest BCUT2D eigenvalue weighted by atomic mass is 127. The molecule has 0 aliphatic carbocycles. The van der Waals surface area contributed by atoms with E-state index in [-0.39, 0.29) is 0 Å². The Bertz CT molecular complexity index is 1180. The van der Waals surface area contributed by atoms with Crippen LogP contribution in [0.2, 0.25) is 0 Å². The van der Waals surface area contributed by atoms with E-state index in [0.717, 1.165) is 36.4 Å². The lowest BCUT2D eigenvalue weighted by Crippen LogP contribution is -3.61. The molecule has 0 fully saturated rings. The number of alkyl halides is 9. The van der Waals surface area contributed by atoms with Crippen molar-refractivity contribution < 1.29 is 73.7 Å². The van der Waals surface area contributed by atoms with Gasteiger partial charge in [-0.15, -0.1) is 0 Å². The maximum Gasteiger partial charge on any atom is 0.417 e. The van der Waals surface area contributed by atoms with Crippen molar-refractivity contribution in [3.8, 4) is 0 Å². The molecule has 0 aliphatic heterocycles. The molecule has 35 heavy (non-hydrogen) atoms. The van der Waals surface area contributed by atoms with Crippen LogP contribution in [0.1, 0.15) is 16.7 Å². The van der Waals surface area contributed by atoms with Crippen LogP contribution in [0.25, 0.3) is 0 Å². The van der Waals surface area contributed by atoms with Gasteiger partial charge < -0.3 is 4.55 Å². The standard InChI is InChI=1S/C14H8F6I.C7H5F3O3S/c15-13(16,17)9-1-5-11(6-2-9)21-12-7-3-10(4-8-12)14(18,19)20;8-7(9,10)5-3-1-2-4-6(5)14(11,12)13/h1-8H;1-4H,(H,11,12,13)/q+1;/p-1. The van der Waals surface area contributed by atoms with Crippen LogP contribution in [-0.2, 0) is 28.6 Å². The van der Waals surface area contributed by atoms with E-state index in [0.29, 0.717) is 19.3 Å². The van der Waals surface area contributed by atoms with E-state index >= 15 is 0 Å². The third-order valence-corrected chi connectivity index (χ3v) is 7.60. The molecule has 0 N–H and O–H groups in total. The molecule has 0 amide bonds. The van der Waals surface area contributed by atoms with Crippen LogP contribution in [-0.4, -0.2) is 13.0 Å². The molecule has 3 aromatic rings. The van der Waals surface area contributed by atoms with Gasteiger partial charge in [-0.05, 0) is 60.7 Å². The first-order chi connectivity index (χ1) is 15.9. The van der Waals surface area contributed by atoms with E-state index in [1.165, 1.54) is 24.3 Å². The van der Waals surface area contributed by atoms with Gasteiger partial charge in [0, 0.05) is 0 Å². The second-order valence-corrected chi connectivity index (χ2v) is 10.9. The molecule has 0 saturated heterocycles. The summed E-state index contributed by atoms with van der Waals surface area (Å²) in [4.78, 5) is -1.24. The first-order valence-electron chi connectivity index (χ1n) is 9.00. The van der Waals surface area contributed by atoms with Crippen LogP contribution in [0, 0.1) is 7.14 Å². The maximum atomic E-state index is 12.4. The Balaban J connectivity index is 0.000000269. The van der Waals surface area contributed by atoms with Gasteiger partial charge in [0.05, 0.1) is 21.6 Å². The van der Waals surface area contributed by atoms with Gasteiger partial charge >= 0.3 is 39.7 Å². The van der Waals surface area contributed by atoms with Crippen molar-refractivity contribution in [2.24, 2.45) is 0 Å². The third-order valence-electron chi connectivity index (χ3n) is 4.02. The lowest BCUT2D eigenvalue weighted by atomic mass is 10.2. The average molecular weight is 642 g/mol. The lowest BCUT2D eigenvalue weighted by molar-refractivity contribution is -0.597. The minimum absolute atomic E-state index is 0.546. The Kier molecular flexibility index (Phi) is 8.87. The molecule has 0 aliphatic rings. The summed E-state index contributed by atoms with van der Waals surface area (Å²) in [5.41, 5.74) is -2.90. The van der Waals surface area contributed by atoms with Gasteiger partial charge in [0.1, 0.15) is 10.1 Å². The summed E-state index contributed by atoms with van der Waals surface area (Å²) in [5, 5.41) is 0. The molecule has 3 aromatic carbocycles. The molecule has 14 heteroatoms. The molecule has 0 saturated carbocycles. The van der Waals surface area contributed by atoms with E-state index < -0.39 is 71.4 Å². The van der Waals surface area contributed by atoms with Crippen LogP contribution < -0.4 is 21.2 Å². The van der Waals surface area contributed by atoms with E-state index in [4.69, 9.17) is 0 Å². The van der Waals surface area contributed by atoms with Gasteiger partial charge in [-0.3, -0.25) is 0 Å². The second-order valence-electron chi connectivity index (χ2n) is 6.55. The molecule has 0 bridgehead atoms. The molecule has 0 atom stereocenters. The zero-order valence-electron chi connectivity index (χ0n) is 16.8. The molecular formula is C21H12F9IO3S. The smallest absolute Gasteiger partial charge is 0.417 e. The van der Waals surface area contributed by atoms with Crippen molar-refractivity contribution in [3.63, 3.8) is 0 Å². The Morgan fingerprint density at radius 2 is 0.943 bits per heavy atom. The molecule has 0 unspecified atom stereocenters. The number of halogens is 10. The quantitative estimate of drug-likeness (QED) is 0.250. The van der Waals surface area contributed by atoms with Crippen molar-refractivity contribution in [3.05, 3.63) is 96.6 Å². The van der Waals surface area contributed by atoms with E-state index in [2.05, 4.69) is 0 Å². The fourth-order valence-corrected chi connectivity index (χ4v) is 5.30. The summed E-state index contributed by atoms with van der Waals surface area (Å²) in [5.74, 6) is 0. The van der Waals surface area contributed by atoms with Crippen LogP contribution in [0.5, 0.6) is 0 Å². The highest BCUT2D eigenvalue weighted by Crippen LogP contribution is 2.33. The largest absolute Gasteiger partial charge is 0.744 e. The highest BCUT2D eigenvalue weighted by Gasteiger charge is 2.35. The van der Waals surface area contributed by atoms with Crippen LogP contribution >= 0.6 is 0 Å². The number of rotatable bonds is 3. The number of hydrogen-bond donors (Lipinski definition) is 0. The minimum Gasteiger partial charge on any atom is -0.744 e. The summed E-state index contributed by atoms with van der Waals surface area (Å²) in [6.07, 6.45) is -13.6. The van der Waals surface area contributed by atoms with Crippen molar-refractivity contribution in [1.82, 2.24) is 0 Å². The number of benzene rings is 3. The van der Waals surface area contributed by atoms with Gasteiger partial charge in [0.15, 0.2) is 7.14 Å². The summed E-state index contributed by atoms with van der Waals surface area (Å²) < 4.78 is 144. The predicted molar refractivity (Wildman–Crippen MR) is 99.7 cm³/mol. The SMILES string of the molecule is FC(F)(F)c1ccc([I+]c2ccc(C(F)(F)F)cc2)cc1.O=S(=O)([O-])c1ccccc1C(F)(F)F. The summed E-state index contributed by atoms with van der Waals surface area (Å²) in [7, 11) is -5.09. The predicted octanol–water partition coefficient (Wildman–Crippen LogP) is 3.46. The normalized spacial score (nSPS) is 12.6. The van der Waals surface area contributed by atoms with E-state index in [1.54, 1.807) is 0 Å². The Morgan fingerprint density at radius 3 is 1.23 bits per heavy atom. The molecule has 0 heterocycles. The van der Waals surface area contributed by atoms with Gasteiger partial charge in [0.25, 0.3) is 0 Å². The van der Waals surface area contributed by atoms with Gasteiger partial charge in [-0.25, -0.2) is 8.42 Å². The Labute approximate surface area is 203 Å². The van der Waals surface area contributed by atoms with Crippen molar-refractivity contribution in [2.75, 3.05) is 0 Å². The molecule has 3 rings (SSSR count). The molecule has 0 spiro atoms. The monoisotopic (exact) mass is 642 g/mol. The van der Waals surface area contributed by atoms with Crippen LogP contribution in [0.4, 0.5) is 39.5 Å². The van der Waals surface area contributed by atoms with Gasteiger partial charge in [-0.2, -0.15) is 39.5 Å². The van der Waals surface area contributed by atoms with Crippen molar-refractivity contribution in [2.45, 2.75) is 23.4 Å². The minimum atomic E-state index is -5.09. The molecule has 0 aromatic heterocycles. The molecule has 3 nitrogen and oxygen atoms in total. The van der Waals surface area contributed by atoms with E-state index in [1.807, 2.05) is 0 Å². The van der Waals surface area contributed by atoms with Crippen LogP contribution in [0.15, 0.2) is 77.7 Å². The molecular weight excluding hydrogens is 630 g/mol. The maximum absolute atomic E-state index is 12.4. The topological polar surface area (TPSA) is 57.2 Å².